The number of benzene rings is 1. The minimum atomic E-state index is -0.0407. The quantitative estimate of drug-likeness (QED) is 0.900. The van der Waals surface area contributed by atoms with Crippen molar-refractivity contribution in [1.82, 2.24) is 9.55 Å². The smallest absolute Gasteiger partial charge is 0.121 e. The van der Waals surface area contributed by atoms with Gasteiger partial charge in [-0.25, -0.2) is 4.98 Å². The van der Waals surface area contributed by atoms with Gasteiger partial charge in [0.15, 0.2) is 0 Å². The summed E-state index contributed by atoms with van der Waals surface area (Å²) in [5.41, 5.74) is 8.08. The normalized spacial score (nSPS) is 12.1. The second kappa shape index (κ2) is 5.21. The molecular weight excluding hydrogens is 238 g/mol. The number of hydrogen-bond donors (Lipinski definition) is 1. The summed E-state index contributed by atoms with van der Waals surface area (Å²) >= 11 is 0. The summed E-state index contributed by atoms with van der Waals surface area (Å²) in [5.74, 6) is 1.91. The summed E-state index contributed by atoms with van der Waals surface area (Å²) in [6.07, 6.45) is 1.99. The van der Waals surface area contributed by atoms with Crippen LogP contribution < -0.4 is 10.5 Å². The summed E-state index contributed by atoms with van der Waals surface area (Å²) in [6, 6.07) is 6.00. The molecule has 104 valence electrons. The minimum Gasteiger partial charge on any atom is -0.497 e. The predicted molar refractivity (Wildman–Crippen MR) is 78.6 cm³/mol. The van der Waals surface area contributed by atoms with Gasteiger partial charge in [0.25, 0.3) is 0 Å². The predicted octanol–water partition coefficient (Wildman–Crippen LogP) is 2.60. The maximum atomic E-state index is 6.03. The molecule has 2 rings (SSSR count). The zero-order valence-electron chi connectivity index (χ0n) is 12.2. The largest absolute Gasteiger partial charge is 0.497 e. The third-order valence-electron chi connectivity index (χ3n) is 4.31. The number of methoxy groups -OCH3 is 1. The molecule has 0 radical (unpaired) electrons. The van der Waals surface area contributed by atoms with Crippen LogP contribution in [0.3, 0.4) is 0 Å². The Labute approximate surface area is 114 Å². The Morgan fingerprint density at radius 3 is 2.53 bits per heavy atom. The highest BCUT2D eigenvalue weighted by Gasteiger charge is 2.31. The van der Waals surface area contributed by atoms with Gasteiger partial charge >= 0.3 is 0 Å². The van der Waals surface area contributed by atoms with E-state index in [0.29, 0.717) is 6.54 Å². The molecule has 0 atom stereocenters. The van der Waals surface area contributed by atoms with Crippen LogP contribution in [0.25, 0.3) is 11.0 Å². The van der Waals surface area contributed by atoms with E-state index in [1.165, 1.54) is 0 Å². The number of nitrogens with zero attached hydrogens (tertiary/aromatic N) is 2. The molecule has 0 amide bonds. The highest BCUT2D eigenvalue weighted by molar-refractivity contribution is 5.78. The molecule has 2 N–H and O–H groups in total. The highest BCUT2D eigenvalue weighted by Crippen LogP contribution is 2.32. The molecule has 0 aliphatic rings. The summed E-state index contributed by atoms with van der Waals surface area (Å²) in [5, 5.41) is 0. The van der Waals surface area contributed by atoms with Crippen LogP contribution in [-0.4, -0.2) is 23.2 Å². The summed E-state index contributed by atoms with van der Waals surface area (Å²) in [7, 11) is 3.74. The van der Waals surface area contributed by atoms with Crippen molar-refractivity contribution in [3.8, 4) is 5.75 Å². The van der Waals surface area contributed by atoms with Gasteiger partial charge in [-0.3, -0.25) is 0 Å². The standard InChI is InChI=1S/C15H23N3O/c1-5-15(6-2,10-16)14-17-12-9-11(19-4)7-8-13(12)18(14)3/h7-9H,5-6,10,16H2,1-4H3. The van der Waals surface area contributed by atoms with Gasteiger partial charge in [0, 0.05) is 25.1 Å². The van der Waals surface area contributed by atoms with Crippen LogP contribution in [0, 0.1) is 0 Å². The third kappa shape index (κ3) is 2.10. The van der Waals surface area contributed by atoms with Crippen molar-refractivity contribution < 1.29 is 4.74 Å². The van der Waals surface area contributed by atoms with E-state index < -0.39 is 0 Å². The first-order valence-corrected chi connectivity index (χ1v) is 6.83. The SMILES string of the molecule is CCC(CC)(CN)c1nc2cc(OC)ccc2n1C. The zero-order chi connectivity index (χ0) is 14.0. The highest BCUT2D eigenvalue weighted by atomic mass is 16.5. The van der Waals surface area contributed by atoms with Gasteiger partial charge in [-0.05, 0) is 25.0 Å². The van der Waals surface area contributed by atoms with Gasteiger partial charge in [-0.15, -0.1) is 0 Å². The second-order valence-electron chi connectivity index (χ2n) is 5.04. The molecule has 4 heteroatoms. The van der Waals surface area contributed by atoms with Crippen LogP contribution in [-0.2, 0) is 12.5 Å². The van der Waals surface area contributed by atoms with Crippen molar-refractivity contribution in [1.29, 1.82) is 0 Å². The third-order valence-corrected chi connectivity index (χ3v) is 4.31. The number of imidazole rings is 1. The van der Waals surface area contributed by atoms with Crippen molar-refractivity contribution >= 4 is 11.0 Å². The molecule has 0 saturated carbocycles. The number of aromatic nitrogens is 2. The van der Waals surface area contributed by atoms with Crippen LogP contribution >= 0.6 is 0 Å². The first-order valence-electron chi connectivity index (χ1n) is 6.83. The fraction of sp³-hybridized carbons (Fsp3) is 0.533. The molecule has 0 fully saturated rings. The van der Waals surface area contributed by atoms with Gasteiger partial charge in [0.1, 0.15) is 11.6 Å². The molecule has 0 unspecified atom stereocenters. The Balaban J connectivity index is 2.64. The molecule has 0 bridgehead atoms. The summed E-state index contributed by atoms with van der Waals surface area (Å²) in [4.78, 5) is 4.81. The Kier molecular flexibility index (Phi) is 3.80. The average molecular weight is 261 g/mol. The minimum absolute atomic E-state index is 0.0407. The fourth-order valence-electron chi connectivity index (χ4n) is 2.73. The maximum absolute atomic E-state index is 6.03. The molecule has 1 aromatic heterocycles. The van der Waals surface area contributed by atoms with Gasteiger partial charge in [0.05, 0.1) is 18.1 Å². The first-order chi connectivity index (χ1) is 9.11. The molecule has 1 aromatic carbocycles. The van der Waals surface area contributed by atoms with Gasteiger partial charge in [-0.1, -0.05) is 13.8 Å². The molecular formula is C15H23N3O. The van der Waals surface area contributed by atoms with E-state index >= 15 is 0 Å². The van der Waals surface area contributed by atoms with Gasteiger partial charge in [0.2, 0.25) is 0 Å². The Morgan fingerprint density at radius 1 is 1.32 bits per heavy atom. The van der Waals surface area contributed by atoms with Crippen LogP contribution in [0.4, 0.5) is 0 Å². The Bertz CT molecular complexity index is 562. The Hall–Kier alpha value is -1.55. The molecule has 19 heavy (non-hydrogen) atoms. The summed E-state index contributed by atoms with van der Waals surface area (Å²) in [6.45, 7) is 4.97. The lowest BCUT2D eigenvalue weighted by Gasteiger charge is -2.29. The number of hydrogen-bond acceptors (Lipinski definition) is 3. The molecule has 0 saturated heterocycles. The van der Waals surface area contributed by atoms with Crippen molar-refractivity contribution in [3.05, 3.63) is 24.0 Å². The maximum Gasteiger partial charge on any atom is 0.121 e. The monoisotopic (exact) mass is 261 g/mol. The number of rotatable bonds is 5. The van der Waals surface area contributed by atoms with Crippen LogP contribution in [0.5, 0.6) is 5.75 Å². The van der Waals surface area contributed by atoms with Crippen molar-refractivity contribution in [2.75, 3.05) is 13.7 Å². The average Bonchev–Trinajstić information content (AvgIpc) is 2.79. The van der Waals surface area contributed by atoms with E-state index in [1.807, 2.05) is 12.1 Å². The second-order valence-corrected chi connectivity index (χ2v) is 5.04. The lowest BCUT2D eigenvalue weighted by atomic mass is 9.81. The molecule has 2 aromatic rings. The Morgan fingerprint density at radius 2 is 2.00 bits per heavy atom. The van der Waals surface area contributed by atoms with Crippen LogP contribution in [0.15, 0.2) is 18.2 Å². The lowest BCUT2D eigenvalue weighted by molar-refractivity contribution is 0.374. The molecule has 0 aliphatic carbocycles. The van der Waals surface area contributed by atoms with Crippen molar-refractivity contribution in [2.24, 2.45) is 12.8 Å². The van der Waals surface area contributed by atoms with E-state index in [-0.39, 0.29) is 5.41 Å². The van der Waals surface area contributed by atoms with Gasteiger partial charge in [-0.2, -0.15) is 0 Å². The number of fused-ring (bicyclic) bond motifs is 1. The van der Waals surface area contributed by atoms with E-state index in [4.69, 9.17) is 15.5 Å². The molecule has 1 heterocycles. The molecule has 0 aliphatic heterocycles. The number of nitrogens with two attached hydrogens (primary N) is 1. The van der Waals surface area contributed by atoms with Gasteiger partial charge < -0.3 is 15.0 Å². The number of aryl methyl sites for hydroxylation is 1. The van der Waals surface area contributed by atoms with Crippen molar-refractivity contribution in [3.63, 3.8) is 0 Å². The van der Waals surface area contributed by atoms with E-state index in [2.05, 4.69) is 31.5 Å². The summed E-state index contributed by atoms with van der Waals surface area (Å²) < 4.78 is 7.42. The van der Waals surface area contributed by atoms with Crippen molar-refractivity contribution in [2.45, 2.75) is 32.1 Å². The first kappa shape index (κ1) is 13.9. The lowest BCUT2D eigenvalue weighted by Crippen LogP contribution is -2.36. The van der Waals surface area contributed by atoms with Crippen LogP contribution in [0.1, 0.15) is 32.5 Å². The van der Waals surface area contributed by atoms with Crippen LogP contribution in [0.2, 0.25) is 0 Å². The van der Waals surface area contributed by atoms with E-state index in [9.17, 15) is 0 Å². The zero-order valence-corrected chi connectivity index (χ0v) is 12.2. The molecule has 4 nitrogen and oxygen atoms in total. The fourth-order valence-corrected chi connectivity index (χ4v) is 2.73. The van der Waals surface area contributed by atoms with E-state index in [1.54, 1.807) is 7.11 Å². The topological polar surface area (TPSA) is 53.1 Å². The number of ether oxygens (including phenoxy) is 1. The van der Waals surface area contributed by atoms with E-state index in [0.717, 1.165) is 35.4 Å². The molecule has 0 spiro atoms.